The fourth-order valence-corrected chi connectivity index (χ4v) is 2.87. The van der Waals surface area contributed by atoms with Gasteiger partial charge in [-0.05, 0) is 32.0 Å². The Morgan fingerprint density at radius 3 is 2.89 bits per heavy atom. The highest BCUT2D eigenvalue weighted by atomic mass is 79.9. The Kier molecular flexibility index (Phi) is 3.11. The molecule has 1 aliphatic rings. The molecule has 1 fully saturated rings. The lowest BCUT2D eigenvalue weighted by molar-refractivity contribution is 0.0698. The summed E-state index contributed by atoms with van der Waals surface area (Å²) in [5.74, 6) is -0.960. The number of carboxylic acids is 1. The van der Waals surface area contributed by atoms with Gasteiger partial charge in [0.2, 0.25) is 0 Å². The molecular formula is C14H14BrNO3. The Bertz CT molecular complexity index is 645. The maximum absolute atomic E-state index is 11.2. The molecule has 19 heavy (non-hydrogen) atoms. The third kappa shape index (κ3) is 2.40. The van der Waals surface area contributed by atoms with E-state index in [1.165, 1.54) is 19.1 Å². The first-order valence-corrected chi connectivity index (χ1v) is 6.98. The maximum Gasteiger partial charge on any atom is 0.339 e. The van der Waals surface area contributed by atoms with Crippen LogP contribution in [0, 0.1) is 0 Å². The first-order chi connectivity index (χ1) is 9.06. The lowest BCUT2D eigenvalue weighted by atomic mass is 10.1. The number of nitrogens with zero attached hydrogens (tertiary/aromatic N) is 1. The molecule has 4 nitrogen and oxygen atoms in total. The molecule has 0 atom stereocenters. The number of fused-ring (bicyclic) bond motifs is 1. The highest BCUT2D eigenvalue weighted by molar-refractivity contribution is 9.10. The van der Waals surface area contributed by atoms with Gasteiger partial charge >= 0.3 is 5.97 Å². The predicted molar refractivity (Wildman–Crippen MR) is 75.4 cm³/mol. The van der Waals surface area contributed by atoms with Gasteiger partial charge in [0.15, 0.2) is 0 Å². The van der Waals surface area contributed by atoms with E-state index in [9.17, 15) is 4.79 Å². The molecule has 100 valence electrons. The summed E-state index contributed by atoms with van der Waals surface area (Å²) in [7, 11) is 2.09. The van der Waals surface area contributed by atoms with Gasteiger partial charge in [-0.15, -0.1) is 0 Å². The zero-order valence-corrected chi connectivity index (χ0v) is 12.1. The summed E-state index contributed by atoms with van der Waals surface area (Å²) in [6.45, 7) is 0.771. The van der Waals surface area contributed by atoms with Crippen LogP contribution in [-0.4, -0.2) is 29.1 Å². The van der Waals surface area contributed by atoms with Crippen molar-refractivity contribution in [3.8, 4) is 0 Å². The highest BCUT2D eigenvalue weighted by Crippen LogP contribution is 2.32. The molecule has 0 amide bonds. The molecular weight excluding hydrogens is 310 g/mol. The number of benzene rings is 1. The number of carboxylic acid groups (broad SMARTS) is 1. The van der Waals surface area contributed by atoms with Crippen LogP contribution < -0.4 is 0 Å². The van der Waals surface area contributed by atoms with Gasteiger partial charge in [-0.25, -0.2) is 4.79 Å². The van der Waals surface area contributed by atoms with Crippen LogP contribution in [0.25, 0.3) is 11.0 Å². The molecule has 1 aromatic heterocycles. The minimum absolute atomic E-state index is 0.214. The molecule has 0 aliphatic heterocycles. The van der Waals surface area contributed by atoms with Gasteiger partial charge in [0.05, 0.1) is 0 Å². The minimum Gasteiger partial charge on any atom is -0.478 e. The van der Waals surface area contributed by atoms with Crippen molar-refractivity contribution < 1.29 is 14.3 Å². The summed E-state index contributed by atoms with van der Waals surface area (Å²) in [6.07, 6.45) is 3.80. The van der Waals surface area contributed by atoms with E-state index in [0.717, 1.165) is 16.6 Å². The SMILES string of the molecule is CN(Cc1cc(Br)cc2c(C(=O)O)coc12)C1CC1. The Morgan fingerprint density at radius 2 is 2.26 bits per heavy atom. The second kappa shape index (κ2) is 4.65. The fraction of sp³-hybridized carbons (Fsp3) is 0.357. The van der Waals surface area contributed by atoms with Crippen molar-refractivity contribution >= 4 is 32.9 Å². The van der Waals surface area contributed by atoms with Crippen molar-refractivity contribution in [2.45, 2.75) is 25.4 Å². The van der Waals surface area contributed by atoms with Crippen molar-refractivity contribution in [3.63, 3.8) is 0 Å². The van der Waals surface area contributed by atoms with Crippen LogP contribution in [0.4, 0.5) is 0 Å². The number of carbonyl (C=O) groups is 1. The van der Waals surface area contributed by atoms with Crippen molar-refractivity contribution in [3.05, 3.63) is 34.0 Å². The molecule has 1 heterocycles. The first-order valence-electron chi connectivity index (χ1n) is 6.19. The van der Waals surface area contributed by atoms with E-state index in [1.807, 2.05) is 6.07 Å². The summed E-state index contributed by atoms with van der Waals surface area (Å²) >= 11 is 3.44. The third-order valence-corrected chi connectivity index (χ3v) is 3.99. The zero-order valence-electron chi connectivity index (χ0n) is 10.5. The number of halogens is 1. The average molecular weight is 324 g/mol. The molecule has 1 N–H and O–H groups in total. The van der Waals surface area contributed by atoms with Crippen LogP contribution in [0.1, 0.15) is 28.8 Å². The lowest BCUT2D eigenvalue weighted by Crippen LogP contribution is -2.20. The van der Waals surface area contributed by atoms with Crippen molar-refractivity contribution in [2.24, 2.45) is 0 Å². The van der Waals surface area contributed by atoms with Gasteiger partial charge < -0.3 is 9.52 Å². The van der Waals surface area contributed by atoms with Crippen molar-refractivity contribution in [2.75, 3.05) is 7.05 Å². The van der Waals surface area contributed by atoms with Gasteiger partial charge in [-0.1, -0.05) is 15.9 Å². The van der Waals surface area contributed by atoms with Crippen LogP contribution in [0.3, 0.4) is 0 Å². The standard InChI is InChI=1S/C14H14BrNO3/c1-16(10-2-3-10)6-8-4-9(15)5-11-12(14(17)18)7-19-13(8)11/h4-5,7,10H,2-3,6H2,1H3,(H,17,18). The fourth-order valence-electron chi connectivity index (χ4n) is 2.37. The van der Waals surface area contributed by atoms with Gasteiger partial charge in [-0.3, -0.25) is 4.90 Å². The summed E-state index contributed by atoms with van der Waals surface area (Å²) < 4.78 is 6.35. The van der Waals surface area contributed by atoms with Gasteiger partial charge in [0.1, 0.15) is 17.4 Å². The van der Waals surface area contributed by atoms with E-state index >= 15 is 0 Å². The summed E-state index contributed by atoms with van der Waals surface area (Å²) in [4.78, 5) is 13.4. The van der Waals surface area contributed by atoms with Crippen LogP contribution in [0.5, 0.6) is 0 Å². The average Bonchev–Trinajstić information content (AvgIpc) is 3.09. The summed E-state index contributed by atoms with van der Waals surface area (Å²) in [6, 6.07) is 4.45. The van der Waals surface area contributed by atoms with Crippen molar-refractivity contribution in [1.82, 2.24) is 4.90 Å². The smallest absolute Gasteiger partial charge is 0.339 e. The monoisotopic (exact) mass is 323 g/mol. The largest absolute Gasteiger partial charge is 0.478 e. The van der Waals surface area contributed by atoms with E-state index < -0.39 is 5.97 Å². The quantitative estimate of drug-likeness (QED) is 0.935. The van der Waals surface area contributed by atoms with E-state index in [2.05, 4.69) is 27.9 Å². The highest BCUT2D eigenvalue weighted by Gasteiger charge is 2.27. The molecule has 0 bridgehead atoms. The van der Waals surface area contributed by atoms with E-state index in [4.69, 9.17) is 9.52 Å². The number of hydrogen-bond acceptors (Lipinski definition) is 3. The molecule has 2 aromatic rings. The number of furan rings is 1. The molecule has 0 radical (unpaired) electrons. The predicted octanol–water partition coefficient (Wildman–Crippen LogP) is 3.49. The molecule has 1 aromatic carbocycles. The third-order valence-electron chi connectivity index (χ3n) is 3.54. The Morgan fingerprint density at radius 1 is 1.53 bits per heavy atom. The molecule has 5 heteroatoms. The van der Waals surface area contributed by atoms with E-state index in [0.29, 0.717) is 17.0 Å². The van der Waals surface area contributed by atoms with Crippen molar-refractivity contribution in [1.29, 1.82) is 0 Å². The van der Waals surface area contributed by atoms with Gasteiger partial charge in [0, 0.05) is 28.0 Å². The molecule has 0 unspecified atom stereocenters. The number of aromatic carboxylic acids is 1. The second-order valence-corrected chi connectivity index (χ2v) is 5.96. The van der Waals surface area contributed by atoms with E-state index in [-0.39, 0.29) is 5.56 Å². The Hall–Kier alpha value is -1.33. The number of rotatable bonds is 4. The topological polar surface area (TPSA) is 53.7 Å². The normalized spacial score (nSPS) is 15.3. The molecule has 1 aliphatic carbocycles. The van der Waals surface area contributed by atoms with Crippen LogP contribution in [-0.2, 0) is 6.54 Å². The lowest BCUT2D eigenvalue weighted by Gasteiger charge is -2.16. The number of hydrogen-bond donors (Lipinski definition) is 1. The first kappa shape index (κ1) is 12.7. The second-order valence-electron chi connectivity index (χ2n) is 5.04. The van der Waals surface area contributed by atoms with E-state index in [1.54, 1.807) is 6.07 Å². The molecule has 1 saturated carbocycles. The summed E-state index contributed by atoms with van der Waals surface area (Å²) in [5, 5.41) is 9.80. The molecule has 0 spiro atoms. The summed E-state index contributed by atoms with van der Waals surface area (Å²) in [5.41, 5.74) is 1.91. The van der Waals surface area contributed by atoms with Gasteiger partial charge in [-0.2, -0.15) is 0 Å². The van der Waals surface area contributed by atoms with Gasteiger partial charge in [0.25, 0.3) is 0 Å². The minimum atomic E-state index is -0.960. The van der Waals surface area contributed by atoms with Crippen LogP contribution in [0.15, 0.2) is 27.3 Å². The zero-order chi connectivity index (χ0) is 13.6. The van der Waals surface area contributed by atoms with Crippen LogP contribution in [0.2, 0.25) is 0 Å². The Balaban J connectivity index is 2.05. The molecule has 0 saturated heterocycles. The maximum atomic E-state index is 11.2. The molecule has 3 rings (SSSR count). The Labute approximate surface area is 119 Å². The van der Waals surface area contributed by atoms with Crippen LogP contribution >= 0.6 is 15.9 Å².